The third-order valence-corrected chi connectivity index (χ3v) is 4.54. The Balaban J connectivity index is 2.53. The first-order valence-electron chi connectivity index (χ1n) is 7.28. The molecule has 1 rings (SSSR count). The summed E-state index contributed by atoms with van der Waals surface area (Å²) in [4.78, 5) is 2.68. The van der Waals surface area contributed by atoms with Crippen molar-refractivity contribution in [3.63, 3.8) is 0 Å². The van der Waals surface area contributed by atoms with Gasteiger partial charge in [-0.05, 0) is 58.5 Å². The average molecular weight is 240 g/mol. The van der Waals surface area contributed by atoms with Gasteiger partial charge >= 0.3 is 0 Å². The van der Waals surface area contributed by atoms with E-state index >= 15 is 0 Å². The van der Waals surface area contributed by atoms with Gasteiger partial charge in [-0.1, -0.05) is 20.8 Å². The first-order chi connectivity index (χ1) is 7.79. The third-order valence-electron chi connectivity index (χ3n) is 4.54. The molecule has 0 bridgehead atoms. The van der Waals surface area contributed by atoms with Gasteiger partial charge in [-0.2, -0.15) is 0 Å². The van der Waals surface area contributed by atoms with Gasteiger partial charge in [0.2, 0.25) is 0 Å². The van der Waals surface area contributed by atoms with Gasteiger partial charge in [0, 0.05) is 18.1 Å². The summed E-state index contributed by atoms with van der Waals surface area (Å²) in [6.45, 7) is 17.8. The Morgan fingerprint density at radius 3 is 2.47 bits per heavy atom. The fourth-order valence-corrected chi connectivity index (χ4v) is 2.72. The third kappa shape index (κ3) is 3.96. The van der Waals surface area contributed by atoms with E-state index in [4.69, 9.17) is 0 Å². The Bertz CT molecular complexity index is 233. The summed E-state index contributed by atoms with van der Waals surface area (Å²) >= 11 is 0. The van der Waals surface area contributed by atoms with Crippen LogP contribution in [0.4, 0.5) is 0 Å². The molecule has 1 saturated heterocycles. The molecule has 0 radical (unpaired) electrons. The summed E-state index contributed by atoms with van der Waals surface area (Å²) in [5.41, 5.74) is 0.749. The summed E-state index contributed by atoms with van der Waals surface area (Å²) in [5.74, 6) is 0. The second-order valence-corrected chi connectivity index (χ2v) is 7.00. The van der Waals surface area contributed by atoms with Gasteiger partial charge in [0.05, 0.1) is 0 Å². The first kappa shape index (κ1) is 15.0. The molecule has 0 aliphatic carbocycles. The van der Waals surface area contributed by atoms with E-state index in [2.05, 4.69) is 51.8 Å². The molecule has 2 nitrogen and oxygen atoms in total. The molecule has 17 heavy (non-hydrogen) atoms. The molecule has 1 unspecified atom stereocenters. The van der Waals surface area contributed by atoms with Crippen LogP contribution in [0.3, 0.4) is 0 Å². The molecule has 0 spiro atoms. The van der Waals surface area contributed by atoms with Crippen LogP contribution in [0.15, 0.2) is 0 Å². The van der Waals surface area contributed by atoms with Crippen molar-refractivity contribution in [3.8, 4) is 0 Å². The van der Waals surface area contributed by atoms with Gasteiger partial charge in [-0.25, -0.2) is 0 Å². The molecule has 1 N–H and O–H groups in total. The minimum absolute atomic E-state index is 0.344. The van der Waals surface area contributed by atoms with Crippen LogP contribution in [0.2, 0.25) is 0 Å². The van der Waals surface area contributed by atoms with Gasteiger partial charge in [-0.15, -0.1) is 0 Å². The Morgan fingerprint density at radius 2 is 2.00 bits per heavy atom. The highest BCUT2D eigenvalue weighted by molar-refractivity contribution is 4.93. The molecule has 0 aromatic carbocycles. The van der Waals surface area contributed by atoms with E-state index in [0.29, 0.717) is 17.0 Å². The predicted octanol–water partition coefficient (Wildman–Crippen LogP) is 3.28. The molecule has 0 aromatic rings. The number of likely N-dealkylation sites (tertiary alicyclic amines) is 1. The van der Waals surface area contributed by atoms with E-state index in [1.54, 1.807) is 0 Å². The van der Waals surface area contributed by atoms with Crippen LogP contribution in [-0.2, 0) is 0 Å². The molecule has 1 aliphatic heterocycles. The summed E-state index contributed by atoms with van der Waals surface area (Å²) in [5, 5.41) is 3.65. The number of nitrogens with one attached hydrogen (secondary N) is 1. The molecule has 1 fully saturated rings. The van der Waals surface area contributed by atoms with Crippen molar-refractivity contribution in [1.82, 2.24) is 10.2 Å². The van der Waals surface area contributed by atoms with Crippen LogP contribution >= 0.6 is 0 Å². The van der Waals surface area contributed by atoms with Crippen molar-refractivity contribution in [3.05, 3.63) is 0 Å². The lowest BCUT2D eigenvalue weighted by molar-refractivity contribution is 0.0930. The number of nitrogens with zero attached hydrogens (tertiary/aromatic N) is 1. The largest absolute Gasteiger partial charge is 0.314 e. The fourth-order valence-electron chi connectivity index (χ4n) is 2.72. The highest BCUT2D eigenvalue weighted by Crippen LogP contribution is 2.33. The summed E-state index contributed by atoms with van der Waals surface area (Å²) in [7, 11) is 0. The maximum atomic E-state index is 3.65. The monoisotopic (exact) mass is 240 g/mol. The van der Waals surface area contributed by atoms with Crippen molar-refractivity contribution < 1.29 is 0 Å². The first-order valence-corrected chi connectivity index (χ1v) is 7.28. The van der Waals surface area contributed by atoms with E-state index in [9.17, 15) is 0 Å². The van der Waals surface area contributed by atoms with Gasteiger partial charge in [0.15, 0.2) is 0 Å². The van der Waals surface area contributed by atoms with Crippen molar-refractivity contribution in [2.75, 3.05) is 19.6 Å². The maximum absolute atomic E-state index is 3.65. The lowest BCUT2D eigenvalue weighted by Gasteiger charge is -2.41. The number of hydrogen-bond donors (Lipinski definition) is 1. The molecule has 0 amide bonds. The zero-order valence-corrected chi connectivity index (χ0v) is 12.8. The van der Waals surface area contributed by atoms with Crippen molar-refractivity contribution in [2.24, 2.45) is 5.41 Å². The van der Waals surface area contributed by atoms with Crippen LogP contribution in [-0.4, -0.2) is 36.1 Å². The summed E-state index contributed by atoms with van der Waals surface area (Å²) in [6, 6.07) is 0.582. The van der Waals surface area contributed by atoms with Gasteiger partial charge in [0.25, 0.3) is 0 Å². The second-order valence-electron chi connectivity index (χ2n) is 7.00. The van der Waals surface area contributed by atoms with E-state index < -0.39 is 0 Å². The quantitative estimate of drug-likeness (QED) is 0.766. The molecule has 1 heterocycles. The fraction of sp³-hybridized carbons (Fsp3) is 1.00. The minimum Gasteiger partial charge on any atom is -0.314 e. The Morgan fingerprint density at radius 1 is 1.35 bits per heavy atom. The second kappa shape index (κ2) is 5.71. The van der Waals surface area contributed by atoms with Crippen LogP contribution in [0.5, 0.6) is 0 Å². The van der Waals surface area contributed by atoms with Crippen LogP contribution in [0, 0.1) is 5.41 Å². The average Bonchev–Trinajstić information content (AvgIpc) is 2.54. The Hall–Kier alpha value is -0.0800. The lowest BCUT2D eigenvalue weighted by atomic mass is 9.83. The molecule has 102 valence electrons. The van der Waals surface area contributed by atoms with E-state index in [1.165, 1.54) is 32.4 Å². The molecular weight excluding hydrogens is 208 g/mol. The molecule has 1 aliphatic rings. The maximum Gasteiger partial charge on any atom is 0.0153 e. The highest BCUT2D eigenvalue weighted by Gasteiger charge is 2.37. The van der Waals surface area contributed by atoms with Gasteiger partial charge < -0.3 is 5.32 Å². The molecule has 0 aromatic heterocycles. The highest BCUT2D eigenvalue weighted by atomic mass is 15.2. The van der Waals surface area contributed by atoms with Crippen LogP contribution < -0.4 is 5.32 Å². The van der Waals surface area contributed by atoms with Gasteiger partial charge in [0.1, 0.15) is 0 Å². The minimum atomic E-state index is 0.344. The number of rotatable bonds is 6. The smallest absolute Gasteiger partial charge is 0.0153 e. The normalized spacial score (nSPS) is 22.9. The topological polar surface area (TPSA) is 15.3 Å². The van der Waals surface area contributed by atoms with Crippen molar-refractivity contribution in [1.29, 1.82) is 0 Å². The van der Waals surface area contributed by atoms with Crippen LogP contribution in [0.1, 0.15) is 60.8 Å². The lowest BCUT2D eigenvalue weighted by Crippen LogP contribution is -2.50. The molecule has 0 saturated carbocycles. The summed E-state index contributed by atoms with van der Waals surface area (Å²) < 4.78 is 0. The number of hydrogen-bond acceptors (Lipinski definition) is 2. The van der Waals surface area contributed by atoms with E-state index in [0.717, 1.165) is 6.54 Å². The summed E-state index contributed by atoms with van der Waals surface area (Å²) in [6.07, 6.45) is 3.93. The van der Waals surface area contributed by atoms with E-state index in [1.807, 2.05) is 0 Å². The zero-order chi connectivity index (χ0) is 13.1. The van der Waals surface area contributed by atoms with Crippen LogP contribution in [0.25, 0.3) is 0 Å². The zero-order valence-electron chi connectivity index (χ0n) is 12.8. The Labute approximate surface area is 108 Å². The molecule has 1 atom stereocenters. The molecular formula is C15H32N2. The van der Waals surface area contributed by atoms with Gasteiger partial charge in [-0.3, -0.25) is 4.90 Å². The standard InChI is InChI=1S/C15H32N2/c1-7-10-16-13(2)14(3,4)12-17-11-8-9-15(17,5)6/h13,16H,7-12H2,1-6H3. The van der Waals surface area contributed by atoms with E-state index in [-0.39, 0.29) is 0 Å². The molecule has 2 heteroatoms. The Kier molecular flexibility index (Phi) is 5.03. The van der Waals surface area contributed by atoms with Crippen molar-refractivity contribution in [2.45, 2.75) is 72.4 Å². The van der Waals surface area contributed by atoms with Crippen molar-refractivity contribution >= 4 is 0 Å². The predicted molar refractivity (Wildman–Crippen MR) is 76.4 cm³/mol. The SMILES string of the molecule is CCCNC(C)C(C)(C)CN1CCCC1(C)C.